The highest BCUT2D eigenvalue weighted by molar-refractivity contribution is 5.22. The fourth-order valence-corrected chi connectivity index (χ4v) is 2.60. The zero-order valence-electron chi connectivity index (χ0n) is 12.8. The first-order valence-electron chi connectivity index (χ1n) is 7.56. The Morgan fingerprint density at radius 2 is 1.10 bits per heavy atom. The molecule has 1 heterocycles. The summed E-state index contributed by atoms with van der Waals surface area (Å²) in [6.07, 6.45) is 0. The molecule has 0 spiro atoms. The average molecular weight is 278 g/mol. The van der Waals surface area contributed by atoms with E-state index in [1.807, 2.05) is 0 Å². The van der Waals surface area contributed by atoms with E-state index >= 15 is 0 Å². The first-order chi connectivity index (χ1) is 10.2. The van der Waals surface area contributed by atoms with E-state index in [1.54, 1.807) is 0 Å². The highest BCUT2D eigenvalue weighted by Crippen LogP contribution is 2.17. The van der Waals surface area contributed by atoms with E-state index in [1.165, 1.54) is 22.3 Å². The van der Waals surface area contributed by atoms with E-state index in [9.17, 15) is 0 Å². The molecule has 0 aromatic heterocycles. The molecule has 0 bridgehead atoms. The van der Waals surface area contributed by atoms with Crippen LogP contribution in [0.3, 0.4) is 0 Å². The minimum Gasteiger partial charge on any atom is -0.274 e. The second-order valence-corrected chi connectivity index (χ2v) is 5.91. The molecule has 0 atom stereocenters. The van der Waals surface area contributed by atoms with Crippen LogP contribution in [0.2, 0.25) is 0 Å². The second-order valence-electron chi connectivity index (χ2n) is 5.91. The molecule has 3 rings (SSSR count). The molecule has 2 aromatic carbocycles. The van der Waals surface area contributed by atoms with Crippen molar-refractivity contribution in [2.24, 2.45) is 0 Å². The number of aryl methyl sites for hydroxylation is 2. The van der Waals surface area contributed by atoms with Crippen LogP contribution in [0.4, 0.5) is 0 Å². The van der Waals surface area contributed by atoms with Gasteiger partial charge in [-0.3, -0.25) is 9.80 Å². The molecule has 1 aliphatic heterocycles. The maximum atomic E-state index is 3.48. The lowest BCUT2D eigenvalue weighted by Crippen LogP contribution is -2.19. The van der Waals surface area contributed by atoms with Crippen molar-refractivity contribution in [3.63, 3.8) is 0 Å². The Morgan fingerprint density at radius 1 is 0.714 bits per heavy atom. The van der Waals surface area contributed by atoms with Gasteiger partial charge >= 0.3 is 0 Å². The zero-order valence-corrected chi connectivity index (χ0v) is 12.8. The topological polar surface area (TPSA) is 6.48 Å². The fraction of sp³-hybridized carbons (Fsp3) is 0.316. The Bertz CT molecular complexity index is 518. The summed E-state index contributed by atoms with van der Waals surface area (Å²) in [5.74, 6) is 0. The van der Waals surface area contributed by atoms with Gasteiger partial charge < -0.3 is 0 Å². The van der Waals surface area contributed by atoms with Crippen molar-refractivity contribution < 1.29 is 0 Å². The zero-order chi connectivity index (χ0) is 14.7. The van der Waals surface area contributed by atoms with Gasteiger partial charge in [-0.2, -0.15) is 0 Å². The summed E-state index contributed by atoms with van der Waals surface area (Å²) in [6, 6.07) is 17.5. The Morgan fingerprint density at radius 3 is 1.48 bits per heavy atom. The van der Waals surface area contributed by atoms with Gasteiger partial charge in [-0.25, -0.2) is 0 Å². The average Bonchev–Trinajstić information content (AvgIpc) is 2.91. The van der Waals surface area contributed by atoms with Gasteiger partial charge in [0.25, 0.3) is 0 Å². The van der Waals surface area contributed by atoms with E-state index in [-0.39, 0.29) is 0 Å². The summed E-state index contributed by atoms with van der Waals surface area (Å²) < 4.78 is 0. The fourth-order valence-electron chi connectivity index (χ4n) is 2.60. The van der Waals surface area contributed by atoms with E-state index in [0.29, 0.717) is 0 Å². The molecule has 2 heteroatoms. The maximum absolute atomic E-state index is 3.48. The van der Waals surface area contributed by atoms with Crippen LogP contribution in [0.15, 0.2) is 48.5 Å². The summed E-state index contributed by atoms with van der Waals surface area (Å²) in [5.41, 5.74) is 5.33. The molecule has 0 N–H and O–H groups in total. The highest BCUT2D eigenvalue weighted by Gasteiger charge is 2.21. The maximum Gasteiger partial charge on any atom is 0.147 e. The summed E-state index contributed by atoms with van der Waals surface area (Å²) in [6.45, 7) is 11.7. The van der Waals surface area contributed by atoms with Gasteiger partial charge in [0, 0.05) is 26.2 Å². The predicted molar refractivity (Wildman–Crippen MR) is 86.4 cm³/mol. The van der Waals surface area contributed by atoms with E-state index in [0.717, 1.165) is 26.2 Å². The highest BCUT2D eigenvalue weighted by atomic mass is 15.4. The Hall–Kier alpha value is -1.64. The van der Waals surface area contributed by atoms with Crippen LogP contribution in [0, 0.1) is 20.5 Å². The predicted octanol–water partition coefficient (Wildman–Crippen LogP) is 3.62. The molecule has 21 heavy (non-hydrogen) atoms. The Balaban J connectivity index is 1.53. The van der Waals surface area contributed by atoms with E-state index in [4.69, 9.17) is 0 Å². The van der Waals surface area contributed by atoms with E-state index in [2.05, 4.69) is 78.8 Å². The molecule has 2 aromatic rings. The number of rotatable bonds is 4. The standard InChI is InChI=1S/C19H22N2/c1-16-3-7-18(8-4-16)13-20-11-12-21(15-20)14-19-9-5-17(2)6-10-19/h3-10H,11-14H2,1-2H3. The van der Waals surface area contributed by atoms with Crippen molar-refractivity contribution in [3.8, 4) is 0 Å². The van der Waals surface area contributed by atoms with Crippen molar-refractivity contribution in [2.45, 2.75) is 26.9 Å². The third kappa shape index (κ3) is 3.93. The van der Waals surface area contributed by atoms with Crippen LogP contribution in [0.1, 0.15) is 22.3 Å². The molecule has 2 nitrogen and oxygen atoms in total. The summed E-state index contributed by atoms with van der Waals surface area (Å²) in [5, 5.41) is 0. The molecule has 0 amide bonds. The van der Waals surface area contributed by atoms with Gasteiger partial charge in [-0.1, -0.05) is 59.7 Å². The van der Waals surface area contributed by atoms with Crippen LogP contribution in [-0.4, -0.2) is 22.9 Å². The molecule has 1 saturated heterocycles. The summed E-state index contributed by atoms with van der Waals surface area (Å²) in [4.78, 5) is 4.55. The van der Waals surface area contributed by atoms with Crippen LogP contribution in [0.5, 0.6) is 0 Å². The molecule has 108 valence electrons. The van der Waals surface area contributed by atoms with Gasteiger partial charge in [0.2, 0.25) is 0 Å². The minimum atomic E-state index is 0.949. The number of nitrogens with zero attached hydrogens (tertiary/aromatic N) is 2. The van der Waals surface area contributed by atoms with Crippen molar-refractivity contribution >= 4 is 0 Å². The van der Waals surface area contributed by atoms with Crippen molar-refractivity contribution in [2.75, 3.05) is 13.1 Å². The van der Waals surface area contributed by atoms with Gasteiger partial charge in [-0.15, -0.1) is 0 Å². The first kappa shape index (κ1) is 14.3. The quantitative estimate of drug-likeness (QED) is 0.843. The largest absolute Gasteiger partial charge is 0.274 e. The minimum absolute atomic E-state index is 0.949. The van der Waals surface area contributed by atoms with Crippen molar-refractivity contribution in [1.82, 2.24) is 9.80 Å². The smallest absolute Gasteiger partial charge is 0.147 e. The van der Waals surface area contributed by atoms with E-state index < -0.39 is 0 Å². The molecule has 2 radical (unpaired) electrons. The first-order valence-corrected chi connectivity index (χ1v) is 7.56. The van der Waals surface area contributed by atoms with Gasteiger partial charge in [0.15, 0.2) is 0 Å². The lowest BCUT2D eigenvalue weighted by atomic mass is 10.1. The Kier molecular flexibility index (Phi) is 4.37. The normalized spacial score (nSPS) is 16.5. The van der Waals surface area contributed by atoms with Crippen LogP contribution >= 0.6 is 0 Å². The second kappa shape index (κ2) is 6.42. The van der Waals surface area contributed by atoms with Gasteiger partial charge in [0.05, 0.1) is 0 Å². The molecule has 0 saturated carbocycles. The van der Waals surface area contributed by atoms with Crippen molar-refractivity contribution in [1.29, 1.82) is 0 Å². The molecular weight excluding hydrogens is 256 g/mol. The number of benzene rings is 2. The number of hydrogen-bond acceptors (Lipinski definition) is 2. The number of hydrogen-bond donors (Lipinski definition) is 0. The third-order valence-corrected chi connectivity index (χ3v) is 3.91. The van der Waals surface area contributed by atoms with Gasteiger partial charge in [0.1, 0.15) is 6.67 Å². The van der Waals surface area contributed by atoms with Gasteiger partial charge in [-0.05, 0) is 25.0 Å². The SMILES string of the molecule is Cc1ccc(CN2[C]N(Cc3ccc(C)cc3)CC2)cc1. The lowest BCUT2D eigenvalue weighted by Gasteiger charge is -2.16. The third-order valence-electron chi connectivity index (χ3n) is 3.91. The van der Waals surface area contributed by atoms with Crippen LogP contribution in [-0.2, 0) is 13.1 Å². The summed E-state index contributed by atoms with van der Waals surface area (Å²) in [7, 11) is 0. The molecular formula is C19H22N2. The molecule has 0 aliphatic carbocycles. The molecule has 0 unspecified atom stereocenters. The van der Waals surface area contributed by atoms with Crippen LogP contribution in [0.25, 0.3) is 0 Å². The van der Waals surface area contributed by atoms with Crippen molar-refractivity contribution in [3.05, 3.63) is 77.5 Å². The lowest BCUT2D eigenvalue weighted by molar-refractivity contribution is 0.313. The Labute approximate surface area is 128 Å². The summed E-state index contributed by atoms with van der Waals surface area (Å²) >= 11 is 0. The molecule has 1 aliphatic rings. The molecule has 1 fully saturated rings. The van der Waals surface area contributed by atoms with Crippen LogP contribution < -0.4 is 0 Å². The monoisotopic (exact) mass is 278 g/mol.